The Balaban J connectivity index is 2.75. The molecule has 2 heterocycles. The standard InChI is InChI=1S/C16H22N4O4/c1-5-11(6-2)20-14-12(7-10(8-17-14)15(22)23)19(16(20)24)9-13(21)18(3)4/h7-8,11H,5-6,9H2,1-4H3,(H,22,23). The first-order valence-electron chi connectivity index (χ1n) is 7.85. The third-order valence-corrected chi connectivity index (χ3v) is 4.15. The molecule has 0 aromatic carbocycles. The van der Waals surface area contributed by atoms with Gasteiger partial charge in [0, 0.05) is 26.3 Å². The van der Waals surface area contributed by atoms with Crippen molar-refractivity contribution in [2.24, 2.45) is 0 Å². The third kappa shape index (κ3) is 3.04. The Morgan fingerprint density at radius 1 is 1.29 bits per heavy atom. The van der Waals surface area contributed by atoms with Crippen molar-refractivity contribution >= 4 is 23.0 Å². The molecular weight excluding hydrogens is 312 g/mol. The number of carbonyl (C=O) groups is 2. The van der Waals surface area contributed by atoms with E-state index in [9.17, 15) is 19.5 Å². The minimum Gasteiger partial charge on any atom is -0.478 e. The largest absolute Gasteiger partial charge is 0.478 e. The highest BCUT2D eigenvalue weighted by Gasteiger charge is 2.22. The van der Waals surface area contributed by atoms with Crippen LogP contribution in [0.4, 0.5) is 0 Å². The minimum atomic E-state index is -1.13. The molecule has 0 spiro atoms. The smallest absolute Gasteiger partial charge is 0.337 e. The molecular formula is C16H22N4O4. The van der Waals surface area contributed by atoms with Crippen LogP contribution in [-0.4, -0.2) is 50.1 Å². The Morgan fingerprint density at radius 3 is 2.42 bits per heavy atom. The van der Waals surface area contributed by atoms with Gasteiger partial charge in [-0.3, -0.25) is 13.9 Å². The van der Waals surface area contributed by atoms with E-state index in [2.05, 4.69) is 4.98 Å². The monoisotopic (exact) mass is 334 g/mol. The quantitative estimate of drug-likeness (QED) is 0.860. The number of pyridine rings is 1. The van der Waals surface area contributed by atoms with Gasteiger partial charge >= 0.3 is 11.7 Å². The van der Waals surface area contributed by atoms with E-state index in [1.807, 2.05) is 13.8 Å². The zero-order valence-corrected chi connectivity index (χ0v) is 14.3. The molecule has 0 radical (unpaired) electrons. The highest BCUT2D eigenvalue weighted by atomic mass is 16.4. The maximum atomic E-state index is 12.9. The minimum absolute atomic E-state index is 0.0183. The molecule has 24 heavy (non-hydrogen) atoms. The van der Waals surface area contributed by atoms with E-state index in [1.165, 1.54) is 21.7 Å². The fourth-order valence-corrected chi connectivity index (χ4v) is 2.68. The molecule has 2 aromatic rings. The summed E-state index contributed by atoms with van der Waals surface area (Å²) in [6.45, 7) is 3.79. The van der Waals surface area contributed by atoms with E-state index >= 15 is 0 Å². The van der Waals surface area contributed by atoms with E-state index in [0.29, 0.717) is 11.2 Å². The highest BCUT2D eigenvalue weighted by molar-refractivity contribution is 5.91. The molecule has 1 amide bonds. The molecule has 2 aromatic heterocycles. The lowest BCUT2D eigenvalue weighted by atomic mass is 10.1. The summed E-state index contributed by atoms with van der Waals surface area (Å²) in [4.78, 5) is 41.7. The van der Waals surface area contributed by atoms with Crippen LogP contribution in [0.2, 0.25) is 0 Å². The van der Waals surface area contributed by atoms with Crippen LogP contribution < -0.4 is 5.69 Å². The van der Waals surface area contributed by atoms with Gasteiger partial charge < -0.3 is 10.0 Å². The van der Waals surface area contributed by atoms with E-state index < -0.39 is 5.97 Å². The number of hydrogen-bond acceptors (Lipinski definition) is 4. The zero-order chi connectivity index (χ0) is 18.0. The topological polar surface area (TPSA) is 97.4 Å². The Hall–Kier alpha value is -2.64. The van der Waals surface area contributed by atoms with Crippen LogP contribution >= 0.6 is 0 Å². The van der Waals surface area contributed by atoms with Gasteiger partial charge in [0.25, 0.3) is 0 Å². The first-order valence-corrected chi connectivity index (χ1v) is 7.85. The van der Waals surface area contributed by atoms with Crippen molar-refractivity contribution in [2.75, 3.05) is 14.1 Å². The van der Waals surface area contributed by atoms with Crippen molar-refractivity contribution in [3.05, 3.63) is 28.3 Å². The Bertz CT molecular complexity index is 830. The number of carboxylic acids is 1. The number of imidazole rings is 1. The molecule has 0 fully saturated rings. The number of amides is 1. The summed E-state index contributed by atoms with van der Waals surface area (Å²) in [6.07, 6.45) is 2.71. The average Bonchev–Trinajstić information content (AvgIpc) is 2.81. The number of carbonyl (C=O) groups excluding carboxylic acids is 1. The molecule has 0 saturated heterocycles. The molecule has 0 atom stereocenters. The molecule has 0 aliphatic heterocycles. The highest BCUT2D eigenvalue weighted by Crippen LogP contribution is 2.21. The molecule has 2 rings (SSSR count). The number of hydrogen-bond donors (Lipinski definition) is 1. The van der Waals surface area contributed by atoms with Crippen molar-refractivity contribution in [2.45, 2.75) is 39.3 Å². The number of carboxylic acid groups (broad SMARTS) is 1. The van der Waals surface area contributed by atoms with E-state index in [4.69, 9.17) is 0 Å². The summed E-state index contributed by atoms with van der Waals surface area (Å²) in [6, 6.07) is 1.34. The van der Waals surface area contributed by atoms with E-state index in [-0.39, 0.29) is 29.7 Å². The van der Waals surface area contributed by atoms with Gasteiger partial charge in [-0.25, -0.2) is 14.6 Å². The van der Waals surface area contributed by atoms with Gasteiger partial charge in [-0.2, -0.15) is 0 Å². The molecule has 0 saturated carbocycles. The summed E-state index contributed by atoms with van der Waals surface area (Å²) in [5, 5.41) is 9.17. The van der Waals surface area contributed by atoms with E-state index in [1.54, 1.807) is 18.7 Å². The van der Waals surface area contributed by atoms with Crippen LogP contribution in [0, 0.1) is 0 Å². The zero-order valence-electron chi connectivity index (χ0n) is 14.3. The van der Waals surface area contributed by atoms with Gasteiger partial charge in [-0.1, -0.05) is 13.8 Å². The number of nitrogens with zero attached hydrogens (tertiary/aromatic N) is 4. The Kier molecular flexibility index (Phi) is 5.06. The summed E-state index contributed by atoms with van der Waals surface area (Å²) in [5.74, 6) is -1.38. The molecule has 130 valence electrons. The molecule has 0 bridgehead atoms. The third-order valence-electron chi connectivity index (χ3n) is 4.15. The molecule has 0 aliphatic rings. The molecule has 8 heteroatoms. The number of aromatic nitrogens is 3. The predicted octanol–water partition coefficient (Wildman–Crippen LogP) is 1.35. The van der Waals surface area contributed by atoms with Gasteiger partial charge in [-0.15, -0.1) is 0 Å². The number of rotatable bonds is 6. The summed E-state index contributed by atoms with van der Waals surface area (Å²) < 4.78 is 2.86. The van der Waals surface area contributed by atoms with Crippen molar-refractivity contribution in [3.63, 3.8) is 0 Å². The van der Waals surface area contributed by atoms with E-state index in [0.717, 1.165) is 12.8 Å². The Labute approximate surface area is 139 Å². The van der Waals surface area contributed by atoms with Crippen molar-refractivity contribution in [1.82, 2.24) is 19.0 Å². The lowest BCUT2D eigenvalue weighted by Gasteiger charge is -2.13. The SMILES string of the molecule is CCC(CC)n1c(=O)n(CC(=O)N(C)C)c2cc(C(=O)O)cnc21. The maximum absolute atomic E-state index is 12.9. The van der Waals surface area contributed by atoms with Gasteiger partial charge in [-0.05, 0) is 18.9 Å². The van der Waals surface area contributed by atoms with Crippen molar-refractivity contribution < 1.29 is 14.7 Å². The summed E-state index contributed by atoms with van der Waals surface area (Å²) in [5.41, 5.74) is 0.409. The Morgan fingerprint density at radius 2 is 1.92 bits per heavy atom. The van der Waals surface area contributed by atoms with Gasteiger partial charge in [0.2, 0.25) is 5.91 Å². The van der Waals surface area contributed by atoms with Crippen LogP contribution in [0.1, 0.15) is 43.1 Å². The van der Waals surface area contributed by atoms with Gasteiger partial charge in [0.15, 0.2) is 5.65 Å². The van der Waals surface area contributed by atoms with Crippen LogP contribution in [0.25, 0.3) is 11.2 Å². The lowest BCUT2D eigenvalue weighted by Crippen LogP contribution is -2.33. The first kappa shape index (κ1) is 17.7. The van der Waals surface area contributed by atoms with Crippen LogP contribution in [0.3, 0.4) is 0 Å². The predicted molar refractivity (Wildman–Crippen MR) is 89.3 cm³/mol. The molecule has 8 nitrogen and oxygen atoms in total. The molecule has 1 N–H and O–H groups in total. The average molecular weight is 334 g/mol. The first-order chi connectivity index (χ1) is 11.3. The van der Waals surface area contributed by atoms with Gasteiger partial charge in [0.05, 0.1) is 11.1 Å². The number of fused-ring (bicyclic) bond motifs is 1. The molecule has 0 aliphatic carbocycles. The van der Waals surface area contributed by atoms with Crippen molar-refractivity contribution in [1.29, 1.82) is 0 Å². The summed E-state index contributed by atoms with van der Waals surface area (Å²) >= 11 is 0. The normalized spacial score (nSPS) is 11.2. The summed E-state index contributed by atoms with van der Waals surface area (Å²) in [7, 11) is 3.21. The van der Waals surface area contributed by atoms with Crippen molar-refractivity contribution in [3.8, 4) is 0 Å². The fraction of sp³-hybridized carbons (Fsp3) is 0.500. The second kappa shape index (κ2) is 6.86. The van der Waals surface area contributed by atoms with Crippen LogP contribution in [0.15, 0.2) is 17.1 Å². The lowest BCUT2D eigenvalue weighted by molar-refractivity contribution is -0.129. The maximum Gasteiger partial charge on any atom is 0.337 e. The second-order valence-electron chi connectivity index (χ2n) is 5.87. The van der Waals surface area contributed by atoms with Gasteiger partial charge in [0.1, 0.15) is 6.54 Å². The number of aromatic carboxylic acids is 1. The fourth-order valence-electron chi connectivity index (χ4n) is 2.68. The molecule has 0 unspecified atom stereocenters. The number of likely N-dealkylation sites (N-methyl/N-ethyl adjacent to an activating group) is 1. The van der Waals surface area contributed by atoms with Crippen LogP contribution in [-0.2, 0) is 11.3 Å². The second-order valence-corrected chi connectivity index (χ2v) is 5.87. The van der Waals surface area contributed by atoms with Crippen LogP contribution in [0.5, 0.6) is 0 Å².